The van der Waals surface area contributed by atoms with Gasteiger partial charge in [-0.25, -0.2) is 0 Å². The molecule has 0 fully saturated rings. The minimum absolute atomic E-state index is 0.0258. The lowest BCUT2D eigenvalue weighted by Crippen LogP contribution is -2.24. The van der Waals surface area contributed by atoms with E-state index < -0.39 is 0 Å². The third-order valence-electron chi connectivity index (χ3n) is 6.13. The molecule has 2 nitrogen and oxygen atoms in total. The van der Waals surface area contributed by atoms with Crippen LogP contribution in [0.2, 0.25) is 0 Å². The average molecular weight is 409 g/mol. The van der Waals surface area contributed by atoms with Gasteiger partial charge < -0.3 is 9.47 Å². The van der Waals surface area contributed by atoms with Crippen molar-refractivity contribution in [3.05, 3.63) is 68.2 Å². The van der Waals surface area contributed by atoms with Crippen LogP contribution in [0, 0.1) is 5.41 Å². The third-order valence-corrected chi connectivity index (χ3v) is 6.92. The molecule has 0 spiro atoms. The molecular weight excluding hydrogens is 388 g/mol. The van der Waals surface area contributed by atoms with Crippen LogP contribution in [0.15, 0.2) is 46.0 Å². The summed E-state index contributed by atoms with van der Waals surface area (Å²) in [6.45, 7) is 7.29. The SMILES string of the molecule is CC1=Cc2c(cc3c(c2Br)OCO3)C1C(C)(C)C1=Cc2ccccc2C1. The molecular formula is C23H21BrO2. The Morgan fingerprint density at radius 3 is 2.73 bits per heavy atom. The van der Waals surface area contributed by atoms with Gasteiger partial charge in [0.1, 0.15) is 0 Å². The van der Waals surface area contributed by atoms with Gasteiger partial charge in [0, 0.05) is 5.92 Å². The lowest BCUT2D eigenvalue weighted by atomic mass is 9.68. The van der Waals surface area contributed by atoms with Gasteiger partial charge in [0.2, 0.25) is 6.79 Å². The molecule has 0 radical (unpaired) electrons. The third kappa shape index (κ3) is 2.16. The summed E-state index contributed by atoms with van der Waals surface area (Å²) in [6.07, 6.45) is 5.73. The first-order chi connectivity index (χ1) is 12.5. The van der Waals surface area contributed by atoms with Crippen LogP contribution in [0.4, 0.5) is 0 Å². The fourth-order valence-corrected chi connectivity index (χ4v) is 5.47. The number of ether oxygens (including phenoxy) is 2. The van der Waals surface area contributed by atoms with Crippen molar-refractivity contribution in [3.8, 4) is 11.5 Å². The van der Waals surface area contributed by atoms with Crippen LogP contribution in [-0.4, -0.2) is 6.79 Å². The molecule has 1 atom stereocenters. The highest BCUT2D eigenvalue weighted by atomic mass is 79.9. The fourth-order valence-electron chi connectivity index (χ4n) is 4.81. The summed E-state index contributed by atoms with van der Waals surface area (Å²) in [5.41, 5.74) is 8.29. The Balaban J connectivity index is 1.60. The summed E-state index contributed by atoms with van der Waals surface area (Å²) < 4.78 is 12.3. The molecule has 26 heavy (non-hydrogen) atoms. The van der Waals surface area contributed by atoms with Crippen LogP contribution < -0.4 is 9.47 Å². The predicted octanol–water partition coefficient (Wildman–Crippen LogP) is 6.34. The molecule has 0 saturated heterocycles. The minimum atomic E-state index is 0.0258. The van der Waals surface area contributed by atoms with Gasteiger partial charge in [-0.3, -0.25) is 0 Å². The topological polar surface area (TPSA) is 18.5 Å². The second kappa shape index (κ2) is 5.50. The lowest BCUT2D eigenvalue weighted by Gasteiger charge is -2.35. The number of rotatable bonds is 2. The fraction of sp³-hybridized carbons (Fsp3) is 0.304. The summed E-state index contributed by atoms with van der Waals surface area (Å²) in [5.74, 6) is 2.02. The van der Waals surface area contributed by atoms with E-state index >= 15 is 0 Å². The summed E-state index contributed by atoms with van der Waals surface area (Å²) in [6, 6.07) is 10.9. The molecule has 3 heteroatoms. The van der Waals surface area contributed by atoms with Gasteiger partial charge in [-0.05, 0) is 63.0 Å². The molecule has 1 heterocycles. The highest BCUT2D eigenvalue weighted by Crippen LogP contribution is 2.57. The molecule has 2 aliphatic carbocycles. The molecule has 0 bridgehead atoms. The van der Waals surface area contributed by atoms with Crippen molar-refractivity contribution >= 4 is 28.1 Å². The van der Waals surface area contributed by atoms with Crippen molar-refractivity contribution in [3.63, 3.8) is 0 Å². The number of fused-ring (bicyclic) bond motifs is 3. The highest BCUT2D eigenvalue weighted by Gasteiger charge is 2.41. The number of allylic oxidation sites excluding steroid dienone is 2. The van der Waals surface area contributed by atoms with Crippen molar-refractivity contribution in [2.75, 3.05) is 6.79 Å². The van der Waals surface area contributed by atoms with Crippen LogP contribution in [0.25, 0.3) is 12.2 Å². The van der Waals surface area contributed by atoms with E-state index in [4.69, 9.17) is 9.47 Å². The molecule has 132 valence electrons. The monoisotopic (exact) mass is 408 g/mol. The smallest absolute Gasteiger partial charge is 0.231 e. The molecule has 0 aromatic heterocycles. The zero-order chi connectivity index (χ0) is 18.1. The Bertz CT molecular complexity index is 998. The van der Waals surface area contributed by atoms with E-state index in [9.17, 15) is 0 Å². The molecule has 0 N–H and O–H groups in total. The van der Waals surface area contributed by atoms with Crippen LogP contribution in [0.3, 0.4) is 0 Å². The molecule has 3 aliphatic rings. The molecule has 1 unspecified atom stereocenters. The Morgan fingerprint density at radius 1 is 1.12 bits per heavy atom. The zero-order valence-corrected chi connectivity index (χ0v) is 16.8. The second-order valence-corrected chi connectivity index (χ2v) is 8.81. The van der Waals surface area contributed by atoms with Crippen molar-refractivity contribution in [1.82, 2.24) is 0 Å². The van der Waals surface area contributed by atoms with Crippen LogP contribution in [-0.2, 0) is 6.42 Å². The van der Waals surface area contributed by atoms with Crippen LogP contribution in [0.5, 0.6) is 11.5 Å². The Hall–Kier alpha value is -2.00. The molecule has 0 saturated carbocycles. The van der Waals surface area contributed by atoms with Crippen LogP contribution in [0.1, 0.15) is 48.9 Å². The number of halogens is 1. The maximum Gasteiger partial charge on any atom is 0.231 e. The maximum absolute atomic E-state index is 5.69. The van der Waals surface area contributed by atoms with E-state index in [1.807, 2.05) is 0 Å². The van der Waals surface area contributed by atoms with Gasteiger partial charge in [0.25, 0.3) is 0 Å². The molecule has 0 amide bonds. The summed E-state index contributed by atoms with van der Waals surface area (Å²) in [5, 5.41) is 0. The van der Waals surface area contributed by atoms with E-state index in [0.717, 1.165) is 22.4 Å². The maximum atomic E-state index is 5.69. The summed E-state index contributed by atoms with van der Waals surface area (Å²) in [4.78, 5) is 0. The van der Waals surface area contributed by atoms with Crippen molar-refractivity contribution in [2.45, 2.75) is 33.1 Å². The first kappa shape index (κ1) is 16.2. The van der Waals surface area contributed by atoms with E-state index in [2.05, 4.69) is 79.2 Å². The van der Waals surface area contributed by atoms with Gasteiger partial charge in [-0.1, -0.05) is 61.4 Å². The average Bonchev–Trinajstić information content (AvgIpc) is 3.31. The van der Waals surface area contributed by atoms with Gasteiger partial charge in [0.05, 0.1) is 4.47 Å². The number of benzene rings is 2. The molecule has 5 rings (SSSR count). The minimum Gasteiger partial charge on any atom is -0.454 e. The Morgan fingerprint density at radius 2 is 1.92 bits per heavy atom. The normalized spacial score (nSPS) is 19.9. The van der Waals surface area contributed by atoms with Crippen molar-refractivity contribution < 1.29 is 9.47 Å². The van der Waals surface area contributed by atoms with Crippen molar-refractivity contribution in [2.24, 2.45) is 5.41 Å². The molecule has 2 aromatic rings. The quantitative estimate of drug-likeness (QED) is 0.576. The van der Waals surface area contributed by atoms with Gasteiger partial charge >= 0.3 is 0 Å². The van der Waals surface area contributed by atoms with E-state index in [1.165, 1.54) is 33.4 Å². The van der Waals surface area contributed by atoms with Gasteiger partial charge in [-0.15, -0.1) is 0 Å². The summed E-state index contributed by atoms with van der Waals surface area (Å²) in [7, 11) is 0. The first-order valence-electron chi connectivity index (χ1n) is 9.06. The van der Waals surface area contributed by atoms with E-state index in [1.54, 1.807) is 0 Å². The number of hydrogen-bond acceptors (Lipinski definition) is 2. The van der Waals surface area contributed by atoms with E-state index in [0.29, 0.717) is 12.7 Å². The standard InChI is InChI=1S/C23H21BrO2/c1-13-8-18-17(11-19-22(21(18)24)26-12-25-19)20(13)23(2,3)16-9-14-6-4-5-7-15(14)10-16/h4-9,11,20H,10,12H2,1-3H3. The van der Waals surface area contributed by atoms with Crippen LogP contribution >= 0.6 is 15.9 Å². The second-order valence-electron chi connectivity index (χ2n) is 8.02. The lowest BCUT2D eigenvalue weighted by molar-refractivity contribution is 0.173. The molecule has 2 aromatic carbocycles. The van der Waals surface area contributed by atoms with E-state index in [-0.39, 0.29) is 5.41 Å². The Labute approximate surface area is 162 Å². The van der Waals surface area contributed by atoms with Crippen molar-refractivity contribution in [1.29, 1.82) is 0 Å². The molecule has 1 aliphatic heterocycles. The zero-order valence-electron chi connectivity index (χ0n) is 15.2. The Kier molecular flexibility index (Phi) is 3.42. The summed E-state index contributed by atoms with van der Waals surface area (Å²) >= 11 is 3.75. The largest absolute Gasteiger partial charge is 0.454 e. The van der Waals surface area contributed by atoms with Gasteiger partial charge in [-0.2, -0.15) is 0 Å². The first-order valence-corrected chi connectivity index (χ1v) is 9.85. The highest BCUT2D eigenvalue weighted by molar-refractivity contribution is 9.10. The number of hydrogen-bond donors (Lipinski definition) is 0. The predicted molar refractivity (Wildman–Crippen MR) is 109 cm³/mol. The van der Waals surface area contributed by atoms with Gasteiger partial charge in [0.15, 0.2) is 11.5 Å².